The number of carbonyl (C=O) groups excluding carboxylic acids is 1. The quantitative estimate of drug-likeness (QED) is 0.675. The average Bonchev–Trinajstić information content (AvgIpc) is 2.36. The second-order valence-corrected chi connectivity index (χ2v) is 6.40. The SMILES string of the molecule is CSCC(C)(O)CNC(=O)C1CCCCC1CN. The van der Waals surface area contributed by atoms with Crippen LogP contribution in [0.3, 0.4) is 0 Å². The normalized spacial score (nSPS) is 27.6. The van der Waals surface area contributed by atoms with Crippen LogP contribution in [0.4, 0.5) is 0 Å². The molecular weight excluding hydrogens is 248 g/mol. The summed E-state index contributed by atoms with van der Waals surface area (Å²) in [4.78, 5) is 12.1. The Bertz CT molecular complexity index is 272. The Balaban J connectivity index is 2.44. The lowest BCUT2D eigenvalue weighted by molar-refractivity contribution is -0.128. The fraction of sp³-hybridized carbons (Fsp3) is 0.923. The number of rotatable bonds is 6. The van der Waals surface area contributed by atoms with Gasteiger partial charge < -0.3 is 16.2 Å². The number of thioether (sulfide) groups is 1. The summed E-state index contributed by atoms with van der Waals surface area (Å²) >= 11 is 1.58. The molecule has 1 amide bonds. The number of nitrogens with two attached hydrogens (primary N) is 1. The van der Waals surface area contributed by atoms with Crippen LogP contribution in [-0.2, 0) is 4.79 Å². The lowest BCUT2D eigenvalue weighted by Crippen LogP contribution is -2.46. The molecule has 0 aromatic carbocycles. The predicted molar refractivity (Wildman–Crippen MR) is 76.5 cm³/mol. The van der Waals surface area contributed by atoms with Crippen molar-refractivity contribution in [2.24, 2.45) is 17.6 Å². The van der Waals surface area contributed by atoms with E-state index in [1.165, 1.54) is 6.42 Å². The maximum absolute atomic E-state index is 12.1. The van der Waals surface area contributed by atoms with Gasteiger partial charge in [0.25, 0.3) is 0 Å². The van der Waals surface area contributed by atoms with E-state index >= 15 is 0 Å². The molecule has 0 aromatic heterocycles. The Hall–Kier alpha value is -0.260. The number of aliphatic hydroxyl groups is 1. The fourth-order valence-electron chi connectivity index (χ4n) is 2.61. The maximum Gasteiger partial charge on any atom is 0.223 e. The van der Waals surface area contributed by atoms with Crippen LogP contribution < -0.4 is 11.1 Å². The average molecular weight is 274 g/mol. The molecule has 4 nitrogen and oxygen atoms in total. The molecule has 1 fully saturated rings. The van der Waals surface area contributed by atoms with Gasteiger partial charge in [0, 0.05) is 18.2 Å². The van der Waals surface area contributed by atoms with Gasteiger partial charge in [0.2, 0.25) is 5.91 Å². The molecule has 1 aliphatic carbocycles. The summed E-state index contributed by atoms with van der Waals surface area (Å²) in [6, 6.07) is 0. The predicted octanol–water partition coefficient (Wildman–Crippen LogP) is 0.982. The van der Waals surface area contributed by atoms with Gasteiger partial charge in [-0.25, -0.2) is 0 Å². The van der Waals surface area contributed by atoms with Crippen molar-refractivity contribution in [1.29, 1.82) is 0 Å². The van der Waals surface area contributed by atoms with Crippen molar-refractivity contribution in [3.05, 3.63) is 0 Å². The number of carbonyl (C=O) groups is 1. The number of nitrogens with one attached hydrogen (secondary N) is 1. The van der Waals surface area contributed by atoms with E-state index in [0.717, 1.165) is 19.3 Å². The maximum atomic E-state index is 12.1. The van der Waals surface area contributed by atoms with Gasteiger partial charge in [-0.2, -0.15) is 11.8 Å². The van der Waals surface area contributed by atoms with E-state index in [-0.39, 0.29) is 11.8 Å². The van der Waals surface area contributed by atoms with E-state index in [9.17, 15) is 9.90 Å². The van der Waals surface area contributed by atoms with E-state index in [1.807, 2.05) is 6.26 Å². The molecule has 1 saturated carbocycles. The Labute approximate surface area is 114 Å². The zero-order valence-electron chi connectivity index (χ0n) is 11.4. The molecule has 0 radical (unpaired) electrons. The van der Waals surface area contributed by atoms with Crippen LogP contribution in [0, 0.1) is 11.8 Å². The highest BCUT2D eigenvalue weighted by atomic mass is 32.2. The molecule has 3 unspecified atom stereocenters. The Kier molecular flexibility index (Phi) is 6.46. The van der Waals surface area contributed by atoms with Gasteiger partial charge in [-0.1, -0.05) is 12.8 Å². The molecule has 5 heteroatoms. The van der Waals surface area contributed by atoms with Gasteiger partial charge in [0.1, 0.15) is 0 Å². The van der Waals surface area contributed by atoms with Crippen LogP contribution >= 0.6 is 11.8 Å². The van der Waals surface area contributed by atoms with Crippen molar-refractivity contribution in [3.8, 4) is 0 Å². The topological polar surface area (TPSA) is 75.3 Å². The highest BCUT2D eigenvalue weighted by Crippen LogP contribution is 2.29. The van der Waals surface area contributed by atoms with Crippen LogP contribution in [0.25, 0.3) is 0 Å². The summed E-state index contributed by atoms with van der Waals surface area (Å²) in [6.45, 7) is 2.66. The van der Waals surface area contributed by atoms with Gasteiger partial charge in [0.05, 0.1) is 5.60 Å². The molecule has 0 saturated heterocycles. The van der Waals surface area contributed by atoms with E-state index in [1.54, 1.807) is 18.7 Å². The number of hydrogen-bond donors (Lipinski definition) is 3. The largest absolute Gasteiger partial charge is 0.387 e. The molecule has 0 spiro atoms. The van der Waals surface area contributed by atoms with E-state index in [0.29, 0.717) is 24.8 Å². The summed E-state index contributed by atoms with van der Waals surface area (Å²) in [5.74, 6) is 1.03. The molecule has 0 heterocycles. The van der Waals surface area contributed by atoms with Gasteiger partial charge in [-0.3, -0.25) is 4.79 Å². The van der Waals surface area contributed by atoms with Crippen LogP contribution in [0.2, 0.25) is 0 Å². The number of hydrogen-bond acceptors (Lipinski definition) is 4. The molecule has 18 heavy (non-hydrogen) atoms. The van der Waals surface area contributed by atoms with E-state index in [2.05, 4.69) is 5.32 Å². The third-order valence-corrected chi connectivity index (χ3v) is 4.56. The molecule has 0 aliphatic heterocycles. The molecule has 0 aromatic rings. The highest BCUT2D eigenvalue weighted by molar-refractivity contribution is 7.98. The summed E-state index contributed by atoms with van der Waals surface area (Å²) in [5.41, 5.74) is 4.90. The van der Waals surface area contributed by atoms with Crippen molar-refractivity contribution in [3.63, 3.8) is 0 Å². The Morgan fingerprint density at radius 2 is 2.17 bits per heavy atom. The van der Waals surface area contributed by atoms with Crippen LogP contribution in [0.5, 0.6) is 0 Å². The minimum absolute atomic E-state index is 0.0360. The molecule has 1 rings (SSSR count). The van der Waals surface area contributed by atoms with Crippen LogP contribution in [0.1, 0.15) is 32.6 Å². The van der Waals surface area contributed by atoms with E-state index < -0.39 is 5.60 Å². The minimum Gasteiger partial charge on any atom is -0.387 e. The lowest BCUT2D eigenvalue weighted by atomic mass is 9.78. The molecule has 1 aliphatic rings. The summed E-state index contributed by atoms with van der Waals surface area (Å²) in [6.07, 6.45) is 6.21. The van der Waals surface area contributed by atoms with Gasteiger partial charge in [-0.15, -0.1) is 0 Å². The first kappa shape index (κ1) is 15.8. The Morgan fingerprint density at radius 3 is 2.78 bits per heavy atom. The van der Waals surface area contributed by atoms with Gasteiger partial charge in [-0.05, 0) is 38.5 Å². The van der Waals surface area contributed by atoms with Crippen molar-refractivity contribution < 1.29 is 9.90 Å². The molecule has 106 valence electrons. The molecule has 3 atom stereocenters. The fourth-order valence-corrected chi connectivity index (χ4v) is 3.33. The van der Waals surface area contributed by atoms with Crippen molar-refractivity contribution in [2.75, 3.05) is 25.1 Å². The molecular formula is C13H26N2O2S. The highest BCUT2D eigenvalue weighted by Gasteiger charge is 2.31. The first-order chi connectivity index (χ1) is 8.50. The Morgan fingerprint density at radius 1 is 1.50 bits per heavy atom. The van der Waals surface area contributed by atoms with Crippen LogP contribution in [0.15, 0.2) is 0 Å². The van der Waals surface area contributed by atoms with Crippen molar-refractivity contribution in [1.82, 2.24) is 5.32 Å². The summed E-state index contributed by atoms with van der Waals surface area (Å²) < 4.78 is 0. The summed E-state index contributed by atoms with van der Waals surface area (Å²) in [5, 5.41) is 12.9. The third-order valence-electron chi connectivity index (χ3n) is 3.65. The second-order valence-electron chi connectivity index (χ2n) is 5.53. The lowest BCUT2D eigenvalue weighted by Gasteiger charge is -2.31. The van der Waals surface area contributed by atoms with Crippen molar-refractivity contribution >= 4 is 17.7 Å². The minimum atomic E-state index is -0.831. The zero-order chi connectivity index (χ0) is 13.6. The van der Waals surface area contributed by atoms with Crippen molar-refractivity contribution in [2.45, 2.75) is 38.2 Å². The number of amides is 1. The summed E-state index contributed by atoms with van der Waals surface area (Å²) in [7, 11) is 0. The smallest absolute Gasteiger partial charge is 0.223 e. The third kappa shape index (κ3) is 4.78. The standard InChI is InChI=1S/C13H26N2O2S/c1-13(17,9-18-2)8-15-12(16)11-6-4-3-5-10(11)7-14/h10-11,17H,3-9,14H2,1-2H3,(H,15,16). The molecule has 4 N–H and O–H groups in total. The monoisotopic (exact) mass is 274 g/mol. The first-order valence-electron chi connectivity index (χ1n) is 6.69. The first-order valence-corrected chi connectivity index (χ1v) is 8.08. The van der Waals surface area contributed by atoms with Crippen LogP contribution in [-0.4, -0.2) is 41.7 Å². The van der Waals surface area contributed by atoms with Gasteiger partial charge in [0.15, 0.2) is 0 Å². The zero-order valence-corrected chi connectivity index (χ0v) is 12.3. The van der Waals surface area contributed by atoms with Gasteiger partial charge >= 0.3 is 0 Å². The van der Waals surface area contributed by atoms with E-state index in [4.69, 9.17) is 5.73 Å². The molecule has 0 bridgehead atoms. The second kappa shape index (κ2) is 7.36.